The van der Waals surface area contributed by atoms with Gasteiger partial charge in [0, 0.05) is 18.3 Å². The first-order valence-electron chi connectivity index (χ1n) is 10.6. The van der Waals surface area contributed by atoms with Crippen molar-refractivity contribution in [1.82, 2.24) is 10.6 Å². The van der Waals surface area contributed by atoms with Crippen LogP contribution in [0.25, 0.3) is 0 Å². The minimum Gasteiger partial charge on any atom is -0.300 e. The molecule has 26 heavy (non-hydrogen) atoms. The molecule has 4 rings (SSSR count). The standard InChI is InChI=1S/C22H32N3O/c23-21(26)25-15-7-12-22(19-10-5-6-11-20(19)25)13-16-24(17-14-22)18-8-3-1-2-4-9-18/h5-6,10-11,18,23H,1-4,7-9,12-17H2. The Morgan fingerprint density at radius 3 is 2.31 bits per heavy atom. The van der Waals surface area contributed by atoms with Gasteiger partial charge >= 0.3 is 6.03 Å². The van der Waals surface area contributed by atoms with Crippen molar-refractivity contribution in [1.29, 1.82) is 0 Å². The Morgan fingerprint density at radius 2 is 1.62 bits per heavy atom. The van der Waals surface area contributed by atoms with E-state index in [1.807, 2.05) is 12.1 Å². The molecule has 1 radical (unpaired) electrons. The Kier molecular flexibility index (Phi) is 5.21. The average molecular weight is 355 g/mol. The normalized spacial score (nSPS) is 24.7. The number of benzene rings is 1. The predicted octanol–water partition coefficient (Wildman–Crippen LogP) is 4.75. The highest BCUT2D eigenvalue weighted by Crippen LogP contribution is 2.46. The summed E-state index contributed by atoms with van der Waals surface area (Å²) in [6.07, 6.45) is 12.9. The number of nitrogens with zero attached hydrogens (tertiary/aromatic N) is 2. The van der Waals surface area contributed by atoms with Gasteiger partial charge in [0.1, 0.15) is 0 Å². The predicted molar refractivity (Wildman–Crippen MR) is 105 cm³/mol. The fourth-order valence-electron chi connectivity index (χ4n) is 5.66. The molecule has 1 saturated heterocycles. The summed E-state index contributed by atoms with van der Waals surface area (Å²) in [7, 11) is 0. The van der Waals surface area contributed by atoms with E-state index in [4.69, 9.17) is 5.73 Å². The number of rotatable bonds is 1. The third-order valence-corrected chi connectivity index (χ3v) is 7.14. The zero-order chi connectivity index (χ0) is 18.0. The quantitative estimate of drug-likeness (QED) is 0.684. The molecule has 1 aromatic rings. The number of likely N-dealkylation sites (tertiary alicyclic amines) is 1. The van der Waals surface area contributed by atoms with E-state index in [0.717, 1.165) is 24.6 Å². The number of amides is 2. The highest BCUT2D eigenvalue weighted by Gasteiger charge is 2.41. The zero-order valence-electron chi connectivity index (χ0n) is 15.9. The molecule has 4 nitrogen and oxygen atoms in total. The smallest absolute Gasteiger partial charge is 0.300 e. The lowest BCUT2D eigenvalue weighted by Crippen LogP contribution is -2.47. The van der Waals surface area contributed by atoms with E-state index in [9.17, 15) is 4.79 Å². The first kappa shape index (κ1) is 17.8. The molecule has 1 saturated carbocycles. The van der Waals surface area contributed by atoms with Gasteiger partial charge in [0.15, 0.2) is 0 Å². The molecule has 1 aliphatic carbocycles. The number of anilines is 1. The molecule has 0 bridgehead atoms. The SMILES string of the molecule is [NH]C(=O)N1CCCC2(CCN(C3CCCCCC3)CC2)c2ccccc21. The summed E-state index contributed by atoms with van der Waals surface area (Å²) < 4.78 is 0. The number of nitrogens with one attached hydrogen (secondary N) is 1. The van der Waals surface area contributed by atoms with E-state index in [-0.39, 0.29) is 5.41 Å². The van der Waals surface area contributed by atoms with E-state index in [0.29, 0.717) is 6.54 Å². The highest BCUT2D eigenvalue weighted by atomic mass is 16.2. The second-order valence-corrected chi connectivity index (χ2v) is 8.54. The van der Waals surface area contributed by atoms with Crippen LogP contribution in [0.4, 0.5) is 10.5 Å². The van der Waals surface area contributed by atoms with Gasteiger partial charge < -0.3 is 4.90 Å². The molecule has 1 spiro atoms. The van der Waals surface area contributed by atoms with Gasteiger partial charge in [-0.2, -0.15) is 0 Å². The van der Waals surface area contributed by atoms with Crippen molar-refractivity contribution in [2.24, 2.45) is 0 Å². The number of hydrogen-bond acceptors (Lipinski definition) is 2. The zero-order valence-corrected chi connectivity index (χ0v) is 15.9. The van der Waals surface area contributed by atoms with Gasteiger partial charge in [-0.3, -0.25) is 4.90 Å². The number of piperidine rings is 1. The van der Waals surface area contributed by atoms with E-state index in [1.54, 1.807) is 4.90 Å². The van der Waals surface area contributed by atoms with Gasteiger partial charge in [0.2, 0.25) is 0 Å². The fraction of sp³-hybridized carbons (Fsp3) is 0.682. The molecular formula is C22H32N3O. The number of hydrogen-bond donors (Lipinski definition) is 0. The molecule has 0 atom stereocenters. The van der Waals surface area contributed by atoms with E-state index in [1.165, 1.54) is 70.0 Å². The largest absolute Gasteiger partial charge is 0.340 e. The molecule has 4 heteroatoms. The van der Waals surface area contributed by atoms with Crippen LogP contribution in [0, 0.1) is 0 Å². The molecule has 141 valence electrons. The topological polar surface area (TPSA) is 47.4 Å². The van der Waals surface area contributed by atoms with Crippen molar-refractivity contribution in [3.8, 4) is 0 Å². The summed E-state index contributed by atoms with van der Waals surface area (Å²) in [6.45, 7) is 3.06. The number of para-hydroxylation sites is 1. The maximum Gasteiger partial charge on any atom is 0.340 e. The van der Waals surface area contributed by atoms with Crippen molar-refractivity contribution >= 4 is 11.7 Å². The van der Waals surface area contributed by atoms with Crippen LogP contribution in [-0.4, -0.2) is 36.6 Å². The maximum atomic E-state index is 11.9. The Balaban J connectivity index is 1.55. The van der Waals surface area contributed by atoms with Gasteiger partial charge in [-0.1, -0.05) is 43.9 Å². The summed E-state index contributed by atoms with van der Waals surface area (Å²) in [5.74, 6) is 0. The van der Waals surface area contributed by atoms with Crippen molar-refractivity contribution < 1.29 is 4.79 Å². The van der Waals surface area contributed by atoms with Crippen molar-refractivity contribution in [2.75, 3.05) is 24.5 Å². The number of carbonyl (C=O) groups excluding carboxylic acids is 1. The second-order valence-electron chi connectivity index (χ2n) is 8.54. The molecule has 1 N–H and O–H groups in total. The van der Waals surface area contributed by atoms with Crippen molar-refractivity contribution in [2.45, 2.75) is 75.7 Å². The maximum absolute atomic E-state index is 11.9. The molecular weight excluding hydrogens is 322 g/mol. The van der Waals surface area contributed by atoms with Gasteiger partial charge in [-0.05, 0) is 68.7 Å². The molecule has 0 unspecified atom stereocenters. The van der Waals surface area contributed by atoms with Gasteiger partial charge in [-0.25, -0.2) is 10.5 Å². The molecule has 2 amide bonds. The Bertz CT molecular complexity index is 628. The number of urea groups is 1. The summed E-state index contributed by atoms with van der Waals surface area (Å²) in [6, 6.07) is 8.61. The third-order valence-electron chi connectivity index (χ3n) is 7.14. The van der Waals surface area contributed by atoms with Crippen LogP contribution in [0.15, 0.2) is 24.3 Å². The molecule has 3 aliphatic rings. The van der Waals surface area contributed by atoms with E-state index < -0.39 is 6.03 Å². The first-order valence-corrected chi connectivity index (χ1v) is 10.6. The lowest BCUT2D eigenvalue weighted by atomic mass is 9.69. The minimum absolute atomic E-state index is 0.196. The molecule has 2 aliphatic heterocycles. The summed E-state index contributed by atoms with van der Waals surface area (Å²) >= 11 is 0. The van der Waals surface area contributed by atoms with Gasteiger partial charge in [0.25, 0.3) is 0 Å². The summed E-state index contributed by atoms with van der Waals surface area (Å²) in [5.41, 5.74) is 10.2. The highest BCUT2D eigenvalue weighted by molar-refractivity contribution is 5.91. The third kappa shape index (κ3) is 3.36. The van der Waals surface area contributed by atoms with Crippen LogP contribution < -0.4 is 10.6 Å². The van der Waals surface area contributed by atoms with Crippen LogP contribution in [0.2, 0.25) is 0 Å². The number of carbonyl (C=O) groups is 1. The monoisotopic (exact) mass is 354 g/mol. The molecule has 1 aromatic carbocycles. The molecule has 2 heterocycles. The molecule has 2 fully saturated rings. The van der Waals surface area contributed by atoms with Crippen molar-refractivity contribution in [3.63, 3.8) is 0 Å². The van der Waals surface area contributed by atoms with Crippen LogP contribution in [0.5, 0.6) is 0 Å². The van der Waals surface area contributed by atoms with Gasteiger partial charge in [-0.15, -0.1) is 0 Å². The summed E-state index contributed by atoms with van der Waals surface area (Å²) in [4.78, 5) is 16.3. The second kappa shape index (κ2) is 7.59. The minimum atomic E-state index is -0.564. The fourth-order valence-corrected chi connectivity index (χ4v) is 5.66. The lowest BCUT2D eigenvalue weighted by Gasteiger charge is -2.45. The van der Waals surface area contributed by atoms with E-state index >= 15 is 0 Å². The van der Waals surface area contributed by atoms with Gasteiger partial charge in [0.05, 0.1) is 0 Å². The summed E-state index contributed by atoms with van der Waals surface area (Å²) in [5, 5.41) is 0. The van der Waals surface area contributed by atoms with Crippen molar-refractivity contribution in [3.05, 3.63) is 29.8 Å². The molecule has 0 aromatic heterocycles. The van der Waals surface area contributed by atoms with E-state index in [2.05, 4.69) is 17.0 Å². The van der Waals surface area contributed by atoms with Crippen LogP contribution in [0.3, 0.4) is 0 Å². The lowest BCUT2D eigenvalue weighted by molar-refractivity contribution is 0.101. The Morgan fingerprint density at radius 1 is 0.923 bits per heavy atom. The van der Waals surface area contributed by atoms with Crippen LogP contribution >= 0.6 is 0 Å². The Hall–Kier alpha value is -1.55. The average Bonchev–Trinajstić information content (AvgIpc) is 3.02. The first-order chi connectivity index (χ1) is 12.7. The van der Waals surface area contributed by atoms with Crippen LogP contribution in [0.1, 0.15) is 69.8 Å². The van der Waals surface area contributed by atoms with Crippen LogP contribution in [-0.2, 0) is 5.41 Å². The Labute approximate surface area is 157 Å². The number of fused-ring (bicyclic) bond motifs is 2.